The number of carbonyl (C=O) groups is 1. The van der Waals surface area contributed by atoms with Crippen molar-refractivity contribution in [2.75, 3.05) is 5.75 Å². The van der Waals surface area contributed by atoms with Crippen LogP contribution in [0.3, 0.4) is 0 Å². The molecule has 0 radical (unpaired) electrons. The van der Waals surface area contributed by atoms with E-state index in [1.165, 1.54) is 17.3 Å². The van der Waals surface area contributed by atoms with Crippen molar-refractivity contribution in [3.63, 3.8) is 0 Å². The first kappa shape index (κ1) is 24.2. The fourth-order valence-corrected chi connectivity index (χ4v) is 4.12. The Hall–Kier alpha value is -3.91. The van der Waals surface area contributed by atoms with E-state index in [9.17, 15) is 4.79 Å². The molecule has 178 valence electrons. The van der Waals surface area contributed by atoms with E-state index in [4.69, 9.17) is 4.74 Å². The Kier molecular flexibility index (Phi) is 8.30. The summed E-state index contributed by atoms with van der Waals surface area (Å²) in [6, 6.07) is 25.7. The molecule has 1 aromatic heterocycles. The monoisotopic (exact) mass is 485 g/mol. The number of thioether (sulfide) groups is 1. The predicted molar refractivity (Wildman–Crippen MR) is 140 cm³/mol. The average molecular weight is 486 g/mol. The van der Waals surface area contributed by atoms with Crippen LogP contribution in [0, 0.1) is 6.92 Å². The van der Waals surface area contributed by atoms with Gasteiger partial charge in [0, 0.05) is 12.1 Å². The first-order valence-corrected chi connectivity index (χ1v) is 12.3. The van der Waals surface area contributed by atoms with Gasteiger partial charge in [-0.1, -0.05) is 71.9 Å². The zero-order valence-electron chi connectivity index (χ0n) is 19.7. The van der Waals surface area contributed by atoms with E-state index >= 15 is 0 Å². The van der Waals surface area contributed by atoms with E-state index in [-0.39, 0.29) is 11.7 Å². The van der Waals surface area contributed by atoms with Crippen molar-refractivity contribution in [2.24, 2.45) is 5.10 Å². The van der Waals surface area contributed by atoms with Gasteiger partial charge in [-0.2, -0.15) is 5.10 Å². The summed E-state index contributed by atoms with van der Waals surface area (Å²) in [7, 11) is 0. The third-order valence-corrected chi connectivity index (χ3v) is 6.17. The number of ether oxygens (including phenoxy) is 1. The molecule has 4 aromatic rings. The number of carbonyl (C=O) groups excluding carboxylic acids is 1. The van der Waals surface area contributed by atoms with Crippen LogP contribution in [-0.4, -0.2) is 32.6 Å². The molecule has 0 atom stereocenters. The summed E-state index contributed by atoms with van der Waals surface area (Å²) < 4.78 is 7.79. The molecule has 1 N–H and O–H groups in total. The quantitative estimate of drug-likeness (QED) is 0.192. The molecule has 1 amide bonds. The molecule has 35 heavy (non-hydrogen) atoms. The van der Waals surface area contributed by atoms with Crippen LogP contribution in [0.5, 0.6) is 5.75 Å². The summed E-state index contributed by atoms with van der Waals surface area (Å²) in [5, 5.41) is 13.4. The number of benzene rings is 3. The minimum absolute atomic E-state index is 0.190. The molecule has 7 nitrogen and oxygen atoms in total. The molecule has 0 aliphatic heterocycles. The second-order valence-electron chi connectivity index (χ2n) is 7.84. The van der Waals surface area contributed by atoms with Crippen LogP contribution in [0.1, 0.15) is 23.6 Å². The number of hydrogen-bond donors (Lipinski definition) is 1. The Morgan fingerprint density at radius 1 is 1.03 bits per heavy atom. The lowest BCUT2D eigenvalue weighted by molar-refractivity contribution is -0.118. The van der Waals surface area contributed by atoms with Crippen molar-refractivity contribution in [3.05, 3.63) is 95.6 Å². The molecule has 8 heteroatoms. The summed E-state index contributed by atoms with van der Waals surface area (Å²) in [4.78, 5) is 12.3. The highest BCUT2D eigenvalue weighted by molar-refractivity contribution is 7.99. The van der Waals surface area contributed by atoms with Gasteiger partial charge in [0.05, 0.1) is 12.0 Å². The number of hydrogen-bond acceptors (Lipinski definition) is 6. The highest BCUT2D eigenvalue weighted by atomic mass is 32.2. The second kappa shape index (κ2) is 12.0. The number of aryl methyl sites for hydroxylation is 1. The lowest BCUT2D eigenvalue weighted by Gasteiger charge is -2.07. The van der Waals surface area contributed by atoms with Crippen molar-refractivity contribution in [1.29, 1.82) is 0 Å². The molecule has 0 aliphatic carbocycles. The van der Waals surface area contributed by atoms with Crippen molar-refractivity contribution < 1.29 is 9.53 Å². The summed E-state index contributed by atoms with van der Waals surface area (Å²) in [6.45, 7) is 5.31. The molecule has 0 fully saturated rings. The van der Waals surface area contributed by atoms with Crippen LogP contribution < -0.4 is 10.2 Å². The lowest BCUT2D eigenvalue weighted by Crippen LogP contribution is -2.20. The normalized spacial score (nSPS) is 11.0. The summed E-state index contributed by atoms with van der Waals surface area (Å²) in [5.41, 5.74) is 6.73. The van der Waals surface area contributed by atoms with Gasteiger partial charge >= 0.3 is 0 Å². The van der Waals surface area contributed by atoms with Crippen molar-refractivity contribution in [1.82, 2.24) is 20.2 Å². The second-order valence-corrected chi connectivity index (χ2v) is 8.78. The third-order valence-electron chi connectivity index (χ3n) is 5.21. The topological polar surface area (TPSA) is 81.4 Å². The molecule has 0 bridgehead atoms. The molecule has 1 heterocycles. The Morgan fingerprint density at radius 2 is 1.77 bits per heavy atom. The van der Waals surface area contributed by atoms with Crippen LogP contribution in [0.4, 0.5) is 0 Å². The zero-order valence-corrected chi connectivity index (χ0v) is 20.5. The van der Waals surface area contributed by atoms with E-state index in [2.05, 4.69) is 20.7 Å². The maximum absolute atomic E-state index is 12.3. The number of nitrogens with zero attached hydrogens (tertiary/aromatic N) is 4. The lowest BCUT2D eigenvalue weighted by atomic mass is 10.1. The van der Waals surface area contributed by atoms with Crippen LogP contribution in [0.15, 0.2) is 89.1 Å². The molecule has 0 aliphatic rings. The minimum atomic E-state index is -0.211. The Morgan fingerprint density at radius 3 is 2.49 bits per heavy atom. The first-order chi connectivity index (χ1) is 17.1. The number of amides is 1. The van der Waals surface area contributed by atoms with Gasteiger partial charge in [0.15, 0.2) is 11.0 Å². The van der Waals surface area contributed by atoms with E-state index < -0.39 is 0 Å². The Bertz CT molecular complexity index is 1270. The largest absolute Gasteiger partial charge is 0.489 e. The number of nitrogens with one attached hydrogen (secondary N) is 1. The SMILES string of the molecule is CCn1c(SCC(=O)N/N=C\c2ccc(OCc3ccccc3)cc2)nnc1-c1ccc(C)cc1. The number of rotatable bonds is 10. The van der Waals surface area contributed by atoms with E-state index in [0.717, 1.165) is 28.3 Å². The van der Waals surface area contributed by atoms with E-state index in [0.29, 0.717) is 18.3 Å². The van der Waals surface area contributed by atoms with E-state index in [1.54, 1.807) is 6.21 Å². The van der Waals surface area contributed by atoms with Gasteiger partial charge in [-0.25, -0.2) is 5.43 Å². The summed E-state index contributed by atoms with van der Waals surface area (Å²) in [5.74, 6) is 1.55. The van der Waals surface area contributed by atoms with Crippen molar-refractivity contribution in [2.45, 2.75) is 32.2 Å². The average Bonchev–Trinajstić information content (AvgIpc) is 3.31. The molecular weight excluding hydrogens is 458 g/mol. The van der Waals surface area contributed by atoms with Crippen LogP contribution >= 0.6 is 11.8 Å². The molecule has 0 saturated carbocycles. The molecule has 0 saturated heterocycles. The van der Waals surface area contributed by atoms with Gasteiger partial charge in [0.2, 0.25) is 0 Å². The maximum atomic E-state index is 12.3. The standard InChI is InChI=1S/C27H27N5O2S/c1-3-32-26(23-13-9-20(2)10-14-23)30-31-27(32)35-19-25(33)29-28-17-21-11-15-24(16-12-21)34-18-22-7-5-4-6-8-22/h4-17H,3,18-19H2,1-2H3,(H,29,33)/b28-17-. The smallest absolute Gasteiger partial charge is 0.250 e. The van der Waals surface area contributed by atoms with Crippen molar-refractivity contribution >= 4 is 23.9 Å². The van der Waals surface area contributed by atoms with Crippen molar-refractivity contribution in [3.8, 4) is 17.1 Å². The third kappa shape index (κ3) is 6.80. The molecule has 0 spiro atoms. The molecular formula is C27H27N5O2S. The fraction of sp³-hybridized carbons (Fsp3) is 0.185. The van der Waals surface area contributed by atoms with Gasteiger partial charge < -0.3 is 9.30 Å². The fourth-order valence-electron chi connectivity index (χ4n) is 3.33. The van der Waals surface area contributed by atoms with Crippen LogP contribution in [-0.2, 0) is 17.9 Å². The molecule has 4 rings (SSSR count). The predicted octanol–water partition coefficient (Wildman–Crippen LogP) is 5.09. The summed E-state index contributed by atoms with van der Waals surface area (Å²) in [6.07, 6.45) is 1.60. The Balaban J connectivity index is 1.25. The Labute approximate surface area is 209 Å². The number of hydrazone groups is 1. The number of aromatic nitrogens is 3. The van der Waals surface area contributed by atoms with Gasteiger partial charge in [0.25, 0.3) is 5.91 Å². The highest BCUT2D eigenvalue weighted by Crippen LogP contribution is 2.24. The maximum Gasteiger partial charge on any atom is 0.250 e. The van der Waals surface area contributed by atoms with Crippen LogP contribution in [0.2, 0.25) is 0 Å². The van der Waals surface area contributed by atoms with Crippen LogP contribution in [0.25, 0.3) is 11.4 Å². The van der Waals surface area contributed by atoms with Gasteiger partial charge in [-0.05, 0) is 49.2 Å². The van der Waals surface area contributed by atoms with E-state index in [1.807, 2.05) is 97.3 Å². The van der Waals surface area contributed by atoms with Gasteiger partial charge in [-0.3, -0.25) is 4.79 Å². The van der Waals surface area contributed by atoms with Gasteiger partial charge in [0.1, 0.15) is 12.4 Å². The first-order valence-electron chi connectivity index (χ1n) is 11.3. The van der Waals surface area contributed by atoms with Gasteiger partial charge in [-0.15, -0.1) is 10.2 Å². The molecule has 3 aromatic carbocycles. The molecule has 0 unspecified atom stereocenters. The highest BCUT2D eigenvalue weighted by Gasteiger charge is 2.14. The minimum Gasteiger partial charge on any atom is -0.489 e. The zero-order chi connectivity index (χ0) is 24.5. The summed E-state index contributed by atoms with van der Waals surface area (Å²) >= 11 is 1.34.